The summed E-state index contributed by atoms with van der Waals surface area (Å²) in [4.78, 5) is 0. The Labute approximate surface area is 119 Å². The van der Waals surface area contributed by atoms with Gasteiger partial charge in [-0.05, 0) is 11.1 Å². The smallest absolute Gasteiger partial charge is 0.197 e. The SMILES string of the molecule is FC(SOSC(F)c1ccccc1)c1ccccc1. The zero-order chi connectivity index (χ0) is 13.5. The van der Waals surface area contributed by atoms with Crippen LogP contribution in [0, 0.1) is 0 Å². The van der Waals surface area contributed by atoms with Gasteiger partial charge in [0.1, 0.15) is 0 Å². The van der Waals surface area contributed by atoms with E-state index in [9.17, 15) is 8.78 Å². The van der Waals surface area contributed by atoms with Gasteiger partial charge < -0.3 is 0 Å². The van der Waals surface area contributed by atoms with Crippen LogP contribution in [0.4, 0.5) is 8.78 Å². The maximum atomic E-state index is 13.7. The molecule has 0 radical (unpaired) electrons. The molecule has 2 aromatic carbocycles. The van der Waals surface area contributed by atoms with Crippen molar-refractivity contribution in [3.63, 3.8) is 0 Å². The minimum Gasteiger partial charge on any atom is -0.241 e. The van der Waals surface area contributed by atoms with Crippen LogP contribution in [0.1, 0.15) is 22.1 Å². The van der Waals surface area contributed by atoms with Crippen molar-refractivity contribution in [1.82, 2.24) is 0 Å². The number of halogens is 2. The van der Waals surface area contributed by atoms with Crippen LogP contribution in [-0.4, -0.2) is 0 Å². The molecule has 0 N–H and O–H groups in total. The van der Waals surface area contributed by atoms with E-state index in [0.717, 1.165) is 0 Å². The van der Waals surface area contributed by atoms with Crippen LogP contribution >= 0.6 is 24.1 Å². The van der Waals surface area contributed by atoms with E-state index in [2.05, 4.69) is 0 Å². The molecule has 0 bridgehead atoms. The molecule has 0 saturated heterocycles. The lowest BCUT2D eigenvalue weighted by Crippen LogP contribution is -1.88. The summed E-state index contributed by atoms with van der Waals surface area (Å²) >= 11 is 1.22. The monoisotopic (exact) mass is 298 g/mol. The molecule has 0 saturated carbocycles. The van der Waals surface area contributed by atoms with Crippen LogP contribution in [0.2, 0.25) is 0 Å². The summed E-state index contributed by atoms with van der Waals surface area (Å²) in [6.45, 7) is 0. The van der Waals surface area contributed by atoms with E-state index in [1.807, 2.05) is 12.1 Å². The topological polar surface area (TPSA) is 9.23 Å². The summed E-state index contributed by atoms with van der Waals surface area (Å²) in [5.74, 6) is 0. The fourth-order valence-corrected chi connectivity index (χ4v) is 2.68. The van der Waals surface area contributed by atoms with Crippen molar-refractivity contribution in [2.45, 2.75) is 11.0 Å². The fourth-order valence-electron chi connectivity index (χ4n) is 1.41. The van der Waals surface area contributed by atoms with E-state index in [1.165, 1.54) is 0 Å². The lowest BCUT2D eigenvalue weighted by Gasteiger charge is -2.09. The molecule has 0 amide bonds. The highest BCUT2D eigenvalue weighted by molar-refractivity contribution is 8.07. The first-order valence-electron chi connectivity index (χ1n) is 5.64. The second-order valence-corrected chi connectivity index (χ2v) is 5.47. The van der Waals surface area contributed by atoms with Crippen molar-refractivity contribution in [2.75, 3.05) is 0 Å². The van der Waals surface area contributed by atoms with Crippen molar-refractivity contribution >= 4 is 24.1 Å². The molecule has 19 heavy (non-hydrogen) atoms. The Balaban J connectivity index is 1.78. The van der Waals surface area contributed by atoms with Crippen molar-refractivity contribution in [2.24, 2.45) is 0 Å². The number of rotatable bonds is 6. The number of benzene rings is 2. The van der Waals surface area contributed by atoms with Crippen LogP contribution in [0.3, 0.4) is 0 Å². The highest BCUT2D eigenvalue weighted by atomic mass is 32.2. The molecule has 2 aromatic rings. The predicted molar refractivity (Wildman–Crippen MR) is 76.8 cm³/mol. The maximum absolute atomic E-state index is 13.7. The average molecular weight is 298 g/mol. The summed E-state index contributed by atoms with van der Waals surface area (Å²) in [6, 6.07) is 17.3. The maximum Gasteiger partial charge on any atom is 0.197 e. The van der Waals surface area contributed by atoms with Gasteiger partial charge in [0.25, 0.3) is 0 Å². The average Bonchev–Trinajstić information content (AvgIpc) is 2.49. The Morgan fingerprint density at radius 1 is 0.684 bits per heavy atom. The first-order valence-corrected chi connectivity index (χ1v) is 7.25. The molecule has 0 aromatic heterocycles. The highest BCUT2D eigenvalue weighted by Gasteiger charge is 2.15. The van der Waals surface area contributed by atoms with Gasteiger partial charge in [0.2, 0.25) is 0 Å². The predicted octanol–water partition coefficient (Wildman–Crippen LogP) is 5.64. The molecular weight excluding hydrogens is 286 g/mol. The normalized spacial score (nSPS) is 14.0. The summed E-state index contributed by atoms with van der Waals surface area (Å²) in [6.07, 6.45) is 0. The lowest BCUT2D eigenvalue weighted by atomic mass is 10.2. The van der Waals surface area contributed by atoms with Gasteiger partial charge in [-0.15, -0.1) is 0 Å². The lowest BCUT2D eigenvalue weighted by molar-refractivity contribution is 0.443. The molecule has 2 unspecified atom stereocenters. The van der Waals surface area contributed by atoms with E-state index < -0.39 is 11.0 Å². The van der Waals surface area contributed by atoms with Gasteiger partial charge in [0.05, 0.1) is 24.1 Å². The highest BCUT2D eigenvalue weighted by Crippen LogP contribution is 2.39. The van der Waals surface area contributed by atoms with Crippen molar-refractivity contribution in [3.8, 4) is 0 Å². The second-order valence-electron chi connectivity index (χ2n) is 3.71. The minimum absolute atomic E-state index is 0.503. The third kappa shape index (κ3) is 4.53. The summed E-state index contributed by atoms with van der Waals surface area (Å²) in [5.41, 5.74) is -1.64. The van der Waals surface area contributed by atoms with Gasteiger partial charge in [-0.3, -0.25) is 0 Å². The minimum atomic E-state index is -1.32. The van der Waals surface area contributed by atoms with Crippen LogP contribution < -0.4 is 0 Å². The van der Waals surface area contributed by atoms with Crippen LogP contribution in [0.5, 0.6) is 0 Å². The largest absolute Gasteiger partial charge is 0.241 e. The van der Waals surface area contributed by atoms with E-state index in [1.54, 1.807) is 48.5 Å². The van der Waals surface area contributed by atoms with E-state index in [4.69, 9.17) is 3.63 Å². The zero-order valence-corrected chi connectivity index (χ0v) is 11.5. The molecular formula is C14H12F2OS2. The standard InChI is InChI=1S/C14H12F2OS2/c15-13(11-7-3-1-4-8-11)18-17-19-14(16)12-9-5-2-6-10-12/h1-10,13-14H. The second kappa shape index (κ2) is 7.53. The van der Waals surface area contributed by atoms with E-state index in [-0.39, 0.29) is 0 Å². The van der Waals surface area contributed by atoms with Gasteiger partial charge in [-0.25, -0.2) is 12.4 Å². The van der Waals surface area contributed by atoms with Gasteiger partial charge in [0.15, 0.2) is 11.0 Å². The molecule has 0 spiro atoms. The van der Waals surface area contributed by atoms with Gasteiger partial charge in [-0.2, -0.15) is 0 Å². The molecule has 2 rings (SSSR count). The molecule has 2 atom stereocenters. The van der Waals surface area contributed by atoms with Crippen LogP contribution in [-0.2, 0) is 3.63 Å². The number of hydrogen-bond donors (Lipinski definition) is 0. The summed E-state index contributed by atoms with van der Waals surface area (Å²) in [5, 5.41) is 0. The zero-order valence-electron chi connectivity index (χ0n) is 9.91. The van der Waals surface area contributed by atoms with Crippen molar-refractivity contribution in [1.29, 1.82) is 0 Å². The van der Waals surface area contributed by atoms with Gasteiger partial charge in [0, 0.05) is 0 Å². The van der Waals surface area contributed by atoms with Crippen LogP contribution in [0.25, 0.3) is 0 Å². The summed E-state index contributed by atoms with van der Waals surface area (Å²) in [7, 11) is 0. The first kappa shape index (κ1) is 14.4. The van der Waals surface area contributed by atoms with Crippen molar-refractivity contribution < 1.29 is 12.4 Å². The third-order valence-corrected chi connectivity index (χ3v) is 3.88. The summed E-state index contributed by atoms with van der Waals surface area (Å²) < 4.78 is 32.3. The van der Waals surface area contributed by atoms with E-state index in [0.29, 0.717) is 35.2 Å². The number of alkyl halides is 2. The van der Waals surface area contributed by atoms with Gasteiger partial charge >= 0.3 is 0 Å². The van der Waals surface area contributed by atoms with E-state index >= 15 is 0 Å². The first-order chi connectivity index (χ1) is 9.27. The van der Waals surface area contributed by atoms with Crippen LogP contribution in [0.15, 0.2) is 60.7 Å². The molecule has 100 valence electrons. The quantitative estimate of drug-likeness (QED) is 0.639. The Morgan fingerprint density at radius 3 is 1.42 bits per heavy atom. The van der Waals surface area contributed by atoms with Crippen molar-refractivity contribution in [3.05, 3.63) is 71.8 Å². The fraction of sp³-hybridized carbons (Fsp3) is 0.143. The molecule has 0 aliphatic carbocycles. The molecule has 0 aliphatic rings. The molecule has 0 fully saturated rings. The molecule has 5 heteroatoms. The van der Waals surface area contributed by atoms with Gasteiger partial charge in [-0.1, -0.05) is 60.7 Å². The molecule has 0 aliphatic heterocycles. The molecule has 0 heterocycles. The number of hydrogen-bond acceptors (Lipinski definition) is 3. The Bertz CT molecular complexity index is 436. The molecule has 1 nitrogen and oxygen atoms in total. The Morgan fingerprint density at radius 2 is 1.05 bits per heavy atom. The Kier molecular flexibility index (Phi) is 5.69. The third-order valence-electron chi connectivity index (χ3n) is 2.37. The Hall–Kier alpha value is -1.04.